The summed E-state index contributed by atoms with van der Waals surface area (Å²) in [6, 6.07) is -0.487. The maximum Gasteiger partial charge on any atom is 0.142 e. The normalized spacial score (nSPS) is 12.5. The summed E-state index contributed by atoms with van der Waals surface area (Å²) in [5.41, 5.74) is 7.24. The van der Waals surface area contributed by atoms with Gasteiger partial charge in [-0.15, -0.1) is 6.58 Å². The maximum absolute atomic E-state index is 9.71. The van der Waals surface area contributed by atoms with E-state index in [-0.39, 0.29) is 12.4 Å². The lowest BCUT2D eigenvalue weighted by atomic mass is 10.0. The first kappa shape index (κ1) is 10.7. The molecule has 0 aliphatic heterocycles. The van der Waals surface area contributed by atoms with Crippen LogP contribution in [0.5, 0.6) is 5.75 Å². The monoisotopic (exact) mass is 194 g/mol. The van der Waals surface area contributed by atoms with Crippen LogP contribution < -0.4 is 5.73 Å². The Morgan fingerprint density at radius 3 is 2.86 bits per heavy atom. The summed E-state index contributed by atoms with van der Waals surface area (Å²) in [5.74, 6) is 0.0314. The molecule has 0 radical (unpaired) electrons. The van der Waals surface area contributed by atoms with E-state index in [0.717, 1.165) is 0 Å². The van der Waals surface area contributed by atoms with E-state index in [1.165, 1.54) is 12.3 Å². The van der Waals surface area contributed by atoms with Gasteiger partial charge in [0.1, 0.15) is 5.75 Å². The summed E-state index contributed by atoms with van der Waals surface area (Å²) in [4.78, 5) is 3.93. The van der Waals surface area contributed by atoms with Gasteiger partial charge >= 0.3 is 0 Å². The molecule has 1 rings (SSSR count). The maximum atomic E-state index is 9.71. The molecule has 4 nitrogen and oxygen atoms in total. The fraction of sp³-hybridized carbons (Fsp3) is 0.300. The predicted molar refractivity (Wildman–Crippen MR) is 53.7 cm³/mol. The standard InChI is InChI=1S/C10H14N2O2/c1-3-8(11)9-7(5-13)4-12-6(2)10(9)14/h3-4,8,13-14H,1,5,11H2,2H3/t8-/m1/s1. The molecule has 4 N–H and O–H groups in total. The van der Waals surface area contributed by atoms with Gasteiger partial charge < -0.3 is 15.9 Å². The first-order chi connectivity index (χ1) is 6.61. The molecule has 0 amide bonds. The minimum absolute atomic E-state index is 0.0314. The number of pyridine rings is 1. The quantitative estimate of drug-likeness (QED) is 0.621. The minimum atomic E-state index is -0.487. The molecule has 4 heteroatoms. The fourth-order valence-corrected chi connectivity index (χ4v) is 1.27. The van der Waals surface area contributed by atoms with Crippen LogP contribution in [0.2, 0.25) is 0 Å². The van der Waals surface area contributed by atoms with Crippen molar-refractivity contribution in [3.8, 4) is 5.75 Å². The molecule has 0 spiro atoms. The molecule has 0 saturated heterocycles. The van der Waals surface area contributed by atoms with Crippen molar-refractivity contribution < 1.29 is 10.2 Å². The summed E-state index contributed by atoms with van der Waals surface area (Å²) in [7, 11) is 0. The topological polar surface area (TPSA) is 79.4 Å². The summed E-state index contributed by atoms with van der Waals surface area (Å²) in [6.07, 6.45) is 3.02. The number of rotatable bonds is 3. The van der Waals surface area contributed by atoms with Gasteiger partial charge in [-0.05, 0) is 6.92 Å². The Labute approximate surface area is 82.7 Å². The van der Waals surface area contributed by atoms with Crippen molar-refractivity contribution in [1.29, 1.82) is 0 Å². The van der Waals surface area contributed by atoms with E-state index in [9.17, 15) is 5.11 Å². The highest BCUT2D eigenvalue weighted by atomic mass is 16.3. The van der Waals surface area contributed by atoms with Gasteiger partial charge in [-0.2, -0.15) is 0 Å². The largest absolute Gasteiger partial charge is 0.506 e. The molecule has 0 fully saturated rings. The van der Waals surface area contributed by atoms with Crippen LogP contribution in [0.1, 0.15) is 22.9 Å². The number of nitrogens with two attached hydrogens (primary N) is 1. The van der Waals surface area contributed by atoms with E-state index in [2.05, 4.69) is 11.6 Å². The van der Waals surface area contributed by atoms with Crippen molar-refractivity contribution in [1.82, 2.24) is 4.98 Å². The van der Waals surface area contributed by atoms with Gasteiger partial charge in [0.05, 0.1) is 18.3 Å². The number of aliphatic hydroxyl groups is 1. The average Bonchev–Trinajstić information content (AvgIpc) is 2.20. The Bertz CT molecular complexity index is 350. The van der Waals surface area contributed by atoms with Crippen molar-refractivity contribution in [2.45, 2.75) is 19.6 Å². The average molecular weight is 194 g/mol. The highest BCUT2D eigenvalue weighted by Gasteiger charge is 2.15. The smallest absolute Gasteiger partial charge is 0.142 e. The van der Waals surface area contributed by atoms with Crippen LogP contribution in [0.25, 0.3) is 0 Å². The van der Waals surface area contributed by atoms with E-state index in [0.29, 0.717) is 16.8 Å². The third kappa shape index (κ3) is 1.76. The summed E-state index contributed by atoms with van der Waals surface area (Å²) < 4.78 is 0. The zero-order chi connectivity index (χ0) is 10.7. The minimum Gasteiger partial charge on any atom is -0.506 e. The molecular formula is C10H14N2O2. The van der Waals surface area contributed by atoms with Gasteiger partial charge in [-0.1, -0.05) is 6.08 Å². The Hall–Kier alpha value is -1.39. The van der Waals surface area contributed by atoms with E-state index < -0.39 is 6.04 Å². The Morgan fingerprint density at radius 1 is 1.71 bits per heavy atom. The molecule has 76 valence electrons. The van der Waals surface area contributed by atoms with Gasteiger partial charge in [0.25, 0.3) is 0 Å². The molecular weight excluding hydrogens is 180 g/mol. The Kier molecular flexibility index (Phi) is 3.22. The highest BCUT2D eigenvalue weighted by Crippen LogP contribution is 2.28. The Balaban J connectivity index is 3.34. The van der Waals surface area contributed by atoms with Crippen molar-refractivity contribution in [3.63, 3.8) is 0 Å². The van der Waals surface area contributed by atoms with E-state index >= 15 is 0 Å². The summed E-state index contributed by atoms with van der Waals surface area (Å²) >= 11 is 0. The van der Waals surface area contributed by atoms with Crippen molar-refractivity contribution >= 4 is 0 Å². The van der Waals surface area contributed by atoms with Crippen molar-refractivity contribution in [3.05, 3.63) is 35.7 Å². The first-order valence-corrected chi connectivity index (χ1v) is 4.28. The van der Waals surface area contributed by atoms with Gasteiger partial charge in [0.15, 0.2) is 0 Å². The van der Waals surface area contributed by atoms with E-state index in [1.54, 1.807) is 6.92 Å². The second-order valence-corrected chi connectivity index (χ2v) is 3.05. The van der Waals surface area contributed by atoms with Gasteiger partial charge in [-0.3, -0.25) is 4.98 Å². The lowest BCUT2D eigenvalue weighted by Crippen LogP contribution is -2.11. The van der Waals surface area contributed by atoms with Gasteiger partial charge in [0.2, 0.25) is 0 Å². The number of nitrogens with zero attached hydrogens (tertiary/aromatic N) is 1. The van der Waals surface area contributed by atoms with Crippen LogP contribution in [0, 0.1) is 6.92 Å². The number of aliphatic hydroxyl groups excluding tert-OH is 1. The molecule has 0 aliphatic carbocycles. The van der Waals surface area contributed by atoms with Crippen LogP contribution in [0.3, 0.4) is 0 Å². The first-order valence-electron chi connectivity index (χ1n) is 4.28. The summed E-state index contributed by atoms with van der Waals surface area (Å²) in [5, 5.41) is 18.7. The molecule has 0 aromatic carbocycles. The molecule has 0 saturated carbocycles. The Morgan fingerprint density at radius 2 is 2.36 bits per heavy atom. The molecule has 1 aromatic rings. The number of aryl methyl sites for hydroxylation is 1. The van der Waals surface area contributed by atoms with E-state index in [4.69, 9.17) is 10.8 Å². The van der Waals surface area contributed by atoms with Gasteiger partial charge in [-0.25, -0.2) is 0 Å². The number of hydrogen-bond donors (Lipinski definition) is 3. The zero-order valence-electron chi connectivity index (χ0n) is 8.07. The van der Waals surface area contributed by atoms with Crippen LogP contribution in [0.15, 0.2) is 18.9 Å². The fourth-order valence-electron chi connectivity index (χ4n) is 1.27. The molecule has 0 bridgehead atoms. The molecule has 0 unspecified atom stereocenters. The lowest BCUT2D eigenvalue weighted by Gasteiger charge is -2.14. The van der Waals surface area contributed by atoms with Crippen molar-refractivity contribution in [2.24, 2.45) is 5.73 Å². The summed E-state index contributed by atoms with van der Waals surface area (Å²) in [6.45, 7) is 5.02. The van der Waals surface area contributed by atoms with Crippen LogP contribution in [-0.4, -0.2) is 15.2 Å². The third-order valence-corrected chi connectivity index (χ3v) is 2.12. The van der Waals surface area contributed by atoms with Crippen molar-refractivity contribution in [2.75, 3.05) is 0 Å². The number of aromatic nitrogens is 1. The highest BCUT2D eigenvalue weighted by molar-refractivity contribution is 5.44. The number of aromatic hydroxyl groups is 1. The molecule has 1 aromatic heterocycles. The second kappa shape index (κ2) is 4.21. The second-order valence-electron chi connectivity index (χ2n) is 3.05. The molecule has 0 aliphatic rings. The van der Waals surface area contributed by atoms with Crippen LogP contribution in [-0.2, 0) is 6.61 Å². The van der Waals surface area contributed by atoms with E-state index in [1.807, 2.05) is 0 Å². The molecule has 14 heavy (non-hydrogen) atoms. The SMILES string of the molecule is C=C[C@@H](N)c1c(CO)cnc(C)c1O. The predicted octanol–water partition coefficient (Wildman–Crippen LogP) is 0.774. The van der Waals surface area contributed by atoms with Gasteiger partial charge in [0, 0.05) is 17.3 Å². The molecule has 1 atom stereocenters. The van der Waals surface area contributed by atoms with Crippen LogP contribution in [0.4, 0.5) is 0 Å². The molecule has 1 heterocycles. The lowest BCUT2D eigenvalue weighted by molar-refractivity contribution is 0.278. The zero-order valence-corrected chi connectivity index (χ0v) is 8.07. The third-order valence-electron chi connectivity index (χ3n) is 2.12. The number of hydrogen-bond acceptors (Lipinski definition) is 4. The van der Waals surface area contributed by atoms with Crippen LogP contribution >= 0.6 is 0 Å².